The maximum absolute atomic E-state index is 12.7. The lowest BCUT2D eigenvalue weighted by Crippen LogP contribution is -2.40. The van der Waals surface area contributed by atoms with Crippen molar-refractivity contribution in [3.63, 3.8) is 0 Å². The normalized spacial score (nSPS) is 20.9. The second-order valence-electron chi connectivity index (χ2n) is 4.86. The van der Waals surface area contributed by atoms with Gasteiger partial charge in [0.2, 0.25) is 10.0 Å². The Bertz CT molecular complexity index is 560. The molecule has 1 heterocycles. The van der Waals surface area contributed by atoms with Gasteiger partial charge in [-0.05, 0) is 38.4 Å². The van der Waals surface area contributed by atoms with Crippen LogP contribution < -0.4 is 5.32 Å². The summed E-state index contributed by atoms with van der Waals surface area (Å²) in [5.41, 5.74) is 0.784. The van der Waals surface area contributed by atoms with Gasteiger partial charge in [-0.3, -0.25) is 0 Å². The molecule has 0 aliphatic carbocycles. The highest BCUT2D eigenvalue weighted by Crippen LogP contribution is 2.31. The number of benzene rings is 1. The van der Waals surface area contributed by atoms with E-state index in [1.165, 1.54) is 0 Å². The molecule has 1 aromatic rings. The van der Waals surface area contributed by atoms with E-state index in [-0.39, 0.29) is 10.9 Å². The van der Waals surface area contributed by atoms with Gasteiger partial charge < -0.3 is 5.32 Å². The lowest BCUT2D eigenvalue weighted by Gasteiger charge is -2.24. The molecule has 1 aromatic carbocycles. The fourth-order valence-corrected chi connectivity index (χ4v) is 4.76. The average Bonchev–Trinajstić information content (AvgIpc) is 2.82. The van der Waals surface area contributed by atoms with Gasteiger partial charge in [0.05, 0.1) is 5.02 Å². The number of halogens is 1. The molecule has 1 N–H and O–H groups in total. The van der Waals surface area contributed by atoms with Gasteiger partial charge in [-0.15, -0.1) is 0 Å². The van der Waals surface area contributed by atoms with E-state index in [4.69, 9.17) is 11.6 Å². The monoisotopic (exact) mass is 302 g/mol. The van der Waals surface area contributed by atoms with Crippen molar-refractivity contribution in [3.8, 4) is 0 Å². The highest BCUT2D eigenvalue weighted by molar-refractivity contribution is 7.89. The predicted octanol–water partition coefficient (Wildman–Crippen LogP) is 2.02. The van der Waals surface area contributed by atoms with Crippen molar-refractivity contribution in [1.82, 2.24) is 9.62 Å². The fourth-order valence-electron chi connectivity index (χ4n) is 2.51. The molecule has 106 valence electrons. The van der Waals surface area contributed by atoms with E-state index in [2.05, 4.69) is 5.32 Å². The predicted molar refractivity (Wildman–Crippen MR) is 77.0 cm³/mol. The van der Waals surface area contributed by atoms with Crippen LogP contribution in [0.4, 0.5) is 0 Å². The third-order valence-corrected chi connectivity index (χ3v) is 6.11. The Kier molecular flexibility index (Phi) is 4.50. The third kappa shape index (κ3) is 2.79. The molecule has 0 unspecified atom stereocenters. The summed E-state index contributed by atoms with van der Waals surface area (Å²) in [4.78, 5) is 0.220. The van der Waals surface area contributed by atoms with Gasteiger partial charge in [-0.2, -0.15) is 4.31 Å². The summed E-state index contributed by atoms with van der Waals surface area (Å²) in [6.07, 6.45) is 1.79. The number of sulfonamides is 1. The number of aryl methyl sites for hydroxylation is 1. The van der Waals surface area contributed by atoms with E-state index in [0.717, 1.165) is 18.4 Å². The van der Waals surface area contributed by atoms with Crippen LogP contribution in [0, 0.1) is 6.92 Å². The van der Waals surface area contributed by atoms with Crippen LogP contribution in [0.2, 0.25) is 5.02 Å². The largest absolute Gasteiger partial charge is 0.318 e. The van der Waals surface area contributed by atoms with Gasteiger partial charge in [0, 0.05) is 19.1 Å². The van der Waals surface area contributed by atoms with E-state index in [1.54, 1.807) is 16.4 Å². The molecular weight excluding hydrogens is 284 g/mol. The number of hydrogen-bond acceptors (Lipinski definition) is 3. The third-order valence-electron chi connectivity index (χ3n) is 3.51. The summed E-state index contributed by atoms with van der Waals surface area (Å²) >= 11 is 6.16. The minimum absolute atomic E-state index is 0.0200. The molecule has 6 heteroatoms. The molecule has 0 bridgehead atoms. The van der Waals surface area contributed by atoms with E-state index in [1.807, 2.05) is 20.0 Å². The maximum atomic E-state index is 12.7. The standard InChI is InChI=1S/C13H19ClN2O2S/c1-10-5-3-7-12(13(10)14)19(17,18)16-8-4-6-11(16)9-15-2/h3,5,7,11,15H,4,6,8-9H2,1-2H3/t11-/m0/s1. The molecule has 1 aliphatic rings. The van der Waals surface area contributed by atoms with Crippen LogP contribution in [0.15, 0.2) is 23.1 Å². The van der Waals surface area contributed by atoms with Crippen molar-refractivity contribution in [1.29, 1.82) is 0 Å². The van der Waals surface area contributed by atoms with Crippen LogP contribution in [0.5, 0.6) is 0 Å². The second kappa shape index (κ2) is 5.79. The van der Waals surface area contributed by atoms with Crippen LogP contribution >= 0.6 is 11.6 Å². The van der Waals surface area contributed by atoms with Gasteiger partial charge in [0.15, 0.2) is 0 Å². The van der Waals surface area contributed by atoms with Crippen molar-refractivity contribution in [2.24, 2.45) is 0 Å². The number of nitrogens with zero attached hydrogens (tertiary/aromatic N) is 1. The van der Waals surface area contributed by atoms with Gasteiger partial charge in [0.1, 0.15) is 4.90 Å². The summed E-state index contributed by atoms with van der Waals surface area (Å²) in [6.45, 7) is 3.05. The Hall–Kier alpha value is -0.620. The van der Waals surface area contributed by atoms with Gasteiger partial charge in [0.25, 0.3) is 0 Å². The first-order chi connectivity index (χ1) is 8.98. The molecule has 1 aliphatic heterocycles. The van der Waals surface area contributed by atoms with Crippen LogP contribution in [0.1, 0.15) is 18.4 Å². The minimum Gasteiger partial charge on any atom is -0.318 e. The zero-order valence-electron chi connectivity index (χ0n) is 11.2. The van der Waals surface area contributed by atoms with Crippen LogP contribution in [-0.2, 0) is 10.0 Å². The van der Waals surface area contributed by atoms with Crippen molar-refractivity contribution in [2.75, 3.05) is 20.1 Å². The first kappa shape index (κ1) is 14.8. The lowest BCUT2D eigenvalue weighted by molar-refractivity contribution is 0.379. The van der Waals surface area contributed by atoms with Crippen LogP contribution in [0.3, 0.4) is 0 Å². The fraction of sp³-hybridized carbons (Fsp3) is 0.538. The molecule has 2 rings (SSSR count). The Morgan fingerprint density at radius 1 is 1.47 bits per heavy atom. The molecule has 1 atom stereocenters. The summed E-state index contributed by atoms with van der Waals surface area (Å²) in [5.74, 6) is 0. The second-order valence-corrected chi connectivity index (χ2v) is 7.09. The number of hydrogen-bond donors (Lipinski definition) is 1. The first-order valence-electron chi connectivity index (χ1n) is 6.40. The van der Waals surface area contributed by atoms with Gasteiger partial charge in [-0.1, -0.05) is 23.7 Å². The van der Waals surface area contributed by atoms with Crippen LogP contribution in [0.25, 0.3) is 0 Å². The molecule has 1 saturated heterocycles. The topological polar surface area (TPSA) is 49.4 Å². The molecule has 1 fully saturated rings. The molecular formula is C13H19ClN2O2S. The Morgan fingerprint density at radius 2 is 2.21 bits per heavy atom. The molecule has 0 radical (unpaired) electrons. The number of likely N-dealkylation sites (N-methyl/N-ethyl adjacent to an activating group) is 1. The average molecular weight is 303 g/mol. The molecule has 0 amide bonds. The number of nitrogens with one attached hydrogen (secondary N) is 1. The van der Waals surface area contributed by atoms with Crippen LogP contribution in [-0.4, -0.2) is 38.9 Å². The van der Waals surface area contributed by atoms with Crippen molar-refractivity contribution >= 4 is 21.6 Å². The van der Waals surface area contributed by atoms with Gasteiger partial charge in [-0.25, -0.2) is 8.42 Å². The SMILES string of the molecule is CNC[C@@H]1CCCN1S(=O)(=O)c1cccc(C)c1Cl. The maximum Gasteiger partial charge on any atom is 0.244 e. The van der Waals surface area contributed by atoms with E-state index in [9.17, 15) is 8.42 Å². The summed E-state index contributed by atoms with van der Waals surface area (Å²) in [5, 5.41) is 3.38. The summed E-state index contributed by atoms with van der Waals surface area (Å²) in [7, 11) is -1.67. The minimum atomic E-state index is -3.50. The molecule has 0 spiro atoms. The highest BCUT2D eigenvalue weighted by atomic mass is 35.5. The van der Waals surface area contributed by atoms with Gasteiger partial charge >= 0.3 is 0 Å². The lowest BCUT2D eigenvalue weighted by atomic mass is 10.2. The van der Waals surface area contributed by atoms with E-state index < -0.39 is 10.0 Å². The smallest absolute Gasteiger partial charge is 0.244 e. The quantitative estimate of drug-likeness (QED) is 0.926. The van der Waals surface area contributed by atoms with E-state index in [0.29, 0.717) is 18.1 Å². The molecule has 4 nitrogen and oxygen atoms in total. The first-order valence-corrected chi connectivity index (χ1v) is 8.22. The van der Waals surface area contributed by atoms with Crippen molar-refractivity contribution in [3.05, 3.63) is 28.8 Å². The zero-order valence-corrected chi connectivity index (χ0v) is 12.8. The zero-order chi connectivity index (χ0) is 14.0. The Morgan fingerprint density at radius 3 is 2.89 bits per heavy atom. The summed E-state index contributed by atoms with van der Waals surface area (Å²) in [6, 6.07) is 5.15. The van der Waals surface area contributed by atoms with E-state index >= 15 is 0 Å². The molecule has 0 saturated carbocycles. The Balaban J connectivity index is 2.39. The van der Waals surface area contributed by atoms with Crippen molar-refractivity contribution in [2.45, 2.75) is 30.7 Å². The molecule has 19 heavy (non-hydrogen) atoms. The van der Waals surface area contributed by atoms with Crippen molar-refractivity contribution < 1.29 is 8.42 Å². The Labute approximate surface area is 119 Å². The summed E-state index contributed by atoms with van der Waals surface area (Å²) < 4.78 is 27.0. The number of rotatable bonds is 4. The highest BCUT2D eigenvalue weighted by Gasteiger charge is 2.35. The molecule has 0 aromatic heterocycles.